The molecule has 0 fully saturated rings. The number of hydrogen-bond donors (Lipinski definition) is 1. The molecule has 0 spiro atoms. The second-order valence-electron chi connectivity index (χ2n) is 3.57. The Morgan fingerprint density at radius 3 is 2.61 bits per heavy atom. The van der Waals surface area contributed by atoms with Crippen LogP contribution >= 0.6 is 0 Å². The van der Waals surface area contributed by atoms with Crippen molar-refractivity contribution in [3.05, 3.63) is 0 Å². The number of carbonyl (C=O) groups is 1. The van der Waals surface area contributed by atoms with Crippen molar-refractivity contribution in [2.24, 2.45) is 0 Å². The average molecular weight is 267 g/mol. The smallest absolute Gasteiger partial charge is 0.383 e. The van der Waals surface area contributed by atoms with E-state index in [2.05, 4.69) is 0 Å². The Morgan fingerprint density at radius 1 is 1.44 bits per heavy atom. The van der Waals surface area contributed by atoms with Crippen LogP contribution in [0.25, 0.3) is 0 Å². The number of methoxy groups -OCH3 is 1. The van der Waals surface area contributed by atoms with E-state index < -0.39 is 18.6 Å². The number of rotatable bonds is 8. The highest BCUT2D eigenvalue weighted by Gasteiger charge is 2.27. The predicted octanol–water partition coefficient (Wildman–Crippen LogP) is 0.527. The van der Waals surface area contributed by atoms with Gasteiger partial charge in [0, 0.05) is 26.6 Å². The number of amides is 1. The number of nitriles is 1. The Bertz CT molecular complexity index is 289. The lowest BCUT2D eigenvalue weighted by Crippen LogP contribution is -2.42. The van der Waals surface area contributed by atoms with Crippen LogP contribution in [0, 0.1) is 11.3 Å². The van der Waals surface area contributed by atoms with E-state index >= 15 is 0 Å². The molecule has 1 amide bonds. The minimum atomic E-state index is -4.42. The molecule has 104 valence electrons. The summed E-state index contributed by atoms with van der Waals surface area (Å²) in [7, 11) is 1.48. The molecule has 0 unspecified atom stereocenters. The zero-order valence-corrected chi connectivity index (χ0v) is 10.1. The molecule has 0 aromatic carbocycles. The number of ether oxygens (including phenoxy) is 1. The molecule has 0 saturated heterocycles. The van der Waals surface area contributed by atoms with E-state index in [1.54, 1.807) is 10.2 Å². The van der Waals surface area contributed by atoms with E-state index in [1.807, 2.05) is 6.07 Å². The largest absolute Gasteiger partial charge is 0.405 e. The molecule has 5 nitrogen and oxygen atoms in total. The number of alkyl halides is 3. The molecule has 0 saturated carbocycles. The Kier molecular flexibility index (Phi) is 8.07. The summed E-state index contributed by atoms with van der Waals surface area (Å²) in [5.74, 6) is -0.721. The van der Waals surface area contributed by atoms with Gasteiger partial charge < -0.3 is 10.1 Å². The number of nitrogens with zero attached hydrogens (tertiary/aromatic N) is 2. The molecular weight excluding hydrogens is 251 g/mol. The first-order chi connectivity index (χ1) is 8.39. The van der Waals surface area contributed by atoms with Gasteiger partial charge in [0.15, 0.2) is 0 Å². The molecule has 0 aromatic heterocycles. The second-order valence-corrected chi connectivity index (χ2v) is 3.57. The molecule has 18 heavy (non-hydrogen) atoms. The normalized spacial score (nSPS) is 11.3. The Hall–Kier alpha value is -1.33. The molecule has 0 bridgehead atoms. The van der Waals surface area contributed by atoms with Gasteiger partial charge in [-0.2, -0.15) is 18.4 Å². The summed E-state index contributed by atoms with van der Waals surface area (Å²) in [4.78, 5) is 12.8. The molecule has 0 rings (SSSR count). The third-order valence-electron chi connectivity index (χ3n) is 2.00. The third-order valence-corrected chi connectivity index (χ3v) is 2.00. The van der Waals surface area contributed by atoms with E-state index in [4.69, 9.17) is 10.00 Å². The maximum Gasteiger partial charge on any atom is 0.405 e. The van der Waals surface area contributed by atoms with Crippen LogP contribution in [-0.2, 0) is 9.53 Å². The fraction of sp³-hybridized carbons (Fsp3) is 0.800. The van der Waals surface area contributed by atoms with Crippen molar-refractivity contribution in [3.63, 3.8) is 0 Å². The van der Waals surface area contributed by atoms with Gasteiger partial charge in [0.1, 0.15) is 6.54 Å². The van der Waals surface area contributed by atoms with Crippen molar-refractivity contribution in [1.29, 1.82) is 5.26 Å². The van der Waals surface area contributed by atoms with Crippen LogP contribution in [-0.4, -0.2) is 56.9 Å². The predicted molar refractivity (Wildman–Crippen MR) is 57.6 cm³/mol. The molecule has 0 aromatic rings. The zero-order chi connectivity index (χ0) is 14.0. The standard InChI is InChI=1S/C10H16F3N3O2/c1-18-6-5-16(4-2-3-14)7-9(17)15-8-10(11,12)13/h2,4-8H2,1H3,(H,15,17). The molecule has 0 radical (unpaired) electrons. The van der Waals surface area contributed by atoms with Crippen LogP contribution < -0.4 is 5.32 Å². The van der Waals surface area contributed by atoms with Crippen molar-refractivity contribution in [1.82, 2.24) is 10.2 Å². The van der Waals surface area contributed by atoms with Crippen molar-refractivity contribution in [2.45, 2.75) is 12.6 Å². The number of halogens is 3. The number of nitrogens with one attached hydrogen (secondary N) is 1. The highest BCUT2D eigenvalue weighted by molar-refractivity contribution is 5.78. The first-order valence-electron chi connectivity index (χ1n) is 5.30. The summed E-state index contributed by atoms with van der Waals surface area (Å²) in [5.41, 5.74) is 0. The van der Waals surface area contributed by atoms with Crippen molar-refractivity contribution in [3.8, 4) is 6.07 Å². The van der Waals surface area contributed by atoms with Gasteiger partial charge in [0.25, 0.3) is 0 Å². The highest BCUT2D eigenvalue weighted by atomic mass is 19.4. The zero-order valence-electron chi connectivity index (χ0n) is 10.1. The number of hydrogen-bond acceptors (Lipinski definition) is 4. The third kappa shape index (κ3) is 9.86. The fourth-order valence-corrected chi connectivity index (χ4v) is 1.16. The van der Waals surface area contributed by atoms with E-state index in [-0.39, 0.29) is 13.0 Å². The first kappa shape index (κ1) is 16.7. The SMILES string of the molecule is COCCN(CCC#N)CC(=O)NCC(F)(F)F. The van der Waals surface area contributed by atoms with Crippen LogP contribution in [0.2, 0.25) is 0 Å². The molecular formula is C10H16F3N3O2. The average Bonchev–Trinajstić information content (AvgIpc) is 2.29. The molecule has 0 aliphatic heterocycles. The van der Waals surface area contributed by atoms with E-state index in [9.17, 15) is 18.0 Å². The van der Waals surface area contributed by atoms with Gasteiger partial charge in [-0.15, -0.1) is 0 Å². The van der Waals surface area contributed by atoms with Crippen LogP contribution in [0.1, 0.15) is 6.42 Å². The maximum absolute atomic E-state index is 11.9. The maximum atomic E-state index is 11.9. The van der Waals surface area contributed by atoms with E-state index in [1.165, 1.54) is 7.11 Å². The summed E-state index contributed by atoms with van der Waals surface area (Å²) in [6.45, 7) is -0.474. The van der Waals surface area contributed by atoms with E-state index in [0.717, 1.165) is 0 Å². The second kappa shape index (κ2) is 8.72. The molecule has 0 atom stereocenters. The van der Waals surface area contributed by atoms with E-state index in [0.29, 0.717) is 19.7 Å². The van der Waals surface area contributed by atoms with Gasteiger partial charge in [0.2, 0.25) is 5.91 Å². The van der Waals surface area contributed by atoms with Crippen LogP contribution in [0.3, 0.4) is 0 Å². The monoisotopic (exact) mass is 267 g/mol. The van der Waals surface area contributed by atoms with Crippen molar-refractivity contribution < 1.29 is 22.7 Å². The summed E-state index contributed by atoms with van der Waals surface area (Å²) in [5, 5.41) is 10.2. The molecule has 0 aliphatic carbocycles. The lowest BCUT2D eigenvalue weighted by atomic mass is 10.3. The molecule has 1 N–H and O–H groups in total. The Morgan fingerprint density at radius 2 is 2.11 bits per heavy atom. The Balaban J connectivity index is 4.05. The van der Waals surface area contributed by atoms with Gasteiger partial charge in [-0.25, -0.2) is 0 Å². The fourth-order valence-electron chi connectivity index (χ4n) is 1.16. The quantitative estimate of drug-likeness (QED) is 0.696. The first-order valence-corrected chi connectivity index (χ1v) is 5.30. The Labute approximate surface area is 103 Å². The minimum Gasteiger partial charge on any atom is -0.383 e. The number of carbonyl (C=O) groups excluding carboxylic acids is 1. The molecule has 8 heteroatoms. The van der Waals surface area contributed by atoms with Crippen LogP contribution in [0.5, 0.6) is 0 Å². The van der Waals surface area contributed by atoms with Gasteiger partial charge in [0.05, 0.1) is 19.2 Å². The van der Waals surface area contributed by atoms with Gasteiger partial charge >= 0.3 is 6.18 Å². The highest BCUT2D eigenvalue weighted by Crippen LogP contribution is 2.11. The van der Waals surface area contributed by atoms with Crippen LogP contribution in [0.15, 0.2) is 0 Å². The summed E-state index contributed by atoms with van der Waals surface area (Å²) < 4.78 is 40.4. The van der Waals surface area contributed by atoms with Gasteiger partial charge in [-0.05, 0) is 0 Å². The van der Waals surface area contributed by atoms with Gasteiger partial charge in [-0.1, -0.05) is 0 Å². The summed E-state index contributed by atoms with van der Waals surface area (Å²) in [6.07, 6.45) is -4.21. The summed E-state index contributed by atoms with van der Waals surface area (Å²) in [6, 6.07) is 1.91. The molecule has 0 aliphatic rings. The lowest BCUT2D eigenvalue weighted by molar-refractivity contribution is -0.139. The van der Waals surface area contributed by atoms with Crippen molar-refractivity contribution in [2.75, 3.05) is 39.9 Å². The molecule has 0 heterocycles. The summed E-state index contributed by atoms with van der Waals surface area (Å²) >= 11 is 0. The van der Waals surface area contributed by atoms with Gasteiger partial charge in [-0.3, -0.25) is 9.69 Å². The van der Waals surface area contributed by atoms with Crippen LogP contribution in [0.4, 0.5) is 13.2 Å². The minimum absolute atomic E-state index is 0.179. The van der Waals surface area contributed by atoms with Crippen molar-refractivity contribution >= 4 is 5.91 Å². The lowest BCUT2D eigenvalue weighted by Gasteiger charge is -2.20. The topological polar surface area (TPSA) is 65.4 Å².